The van der Waals surface area contributed by atoms with Crippen molar-refractivity contribution in [3.05, 3.63) is 58.5 Å². The van der Waals surface area contributed by atoms with E-state index in [1.165, 1.54) is 19.4 Å². The largest absolute Gasteiger partial charge is 0.493 e. The molecule has 1 saturated carbocycles. The highest BCUT2D eigenvalue weighted by Crippen LogP contribution is 2.48. The van der Waals surface area contributed by atoms with Crippen LogP contribution in [0.25, 0.3) is 5.69 Å². The zero-order valence-corrected chi connectivity index (χ0v) is 21.9. The predicted octanol–water partition coefficient (Wildman–Crippen LogP) is 4.62. The summed E-state index contributed by atoms with van der Waals surface area (Å²) in [5.74, 6) is 2.00. The Morgan fingerprint density at radius 2 is 1.85 bits per heavy atom. The molecule has 2 aromatic heterocycles. The highest BCUT2D eigenvalue weighted by Gasteiger charge is 2.62. The SMILES string of the molecule is COc1cc(F)cnc1N1CCC(c2nnc3n2-c2ccc(Cl)cc2CN(C2CC(O)(C(F)(F)F)C2)C3)CC1. The summed E-state index contributed by atoms with van der Waals surface area (Å²) >= 11 is 6.32. The zero-order chi connectivity index (χ0) is 27.5. The van der Waals surface area contributed by atoms with Crippen LogP contribution in [-0.4, -0.2) is 67.8 Å². The Morgan fingerprint density at radius 1 is 1.10 bits per heavy atom. The van der Waals surface area contributed by atoms with Gasteiger partial charge in [-0.15, -0.1) is 10.2 Å². The van der Waals surface area contributed by atoms with Gasteiger partial charge in [0.2, 0.25) is 0 Å². The van der Waals surface area contributed by atoms with E-state index in [-0.39, 0.29) is 18.8 Å². The molecule has 0 unspecified atom stereocenters. The Hall–Kier alpha value is -2.96. The summed E-state index contributed by atoms with van der Waals surface area (Å²) in [6.07, 6.45) is -2.76. The first-order valence-electron chi connectivity index (χ1n) is 12.8. The zero-order valence-electron chi connectivity index (χ0n) is 21.1. The van der Waals surface area contributed by atoms with Crippen LogP contribution < -0.4 is 9.64 Å². The molecule has 1 saturated heterocycles. The van der Waals surface area contributed by atoms with Crippen LogP contribution in [0.1, 0.15) is 48.8 Å². The summed E-state index contributed by atoms with van der Waals surface area (Å²) in [7, 11) is 1.48. The van der Waals surface area contributed by atoms with Crippen LogP contribution in [-0.2, 0) is 13.1 Å². The number of alkyl halides is 3. The Bertz CT molecular complexity index is 1390. The molecule has 1 aliphatic carbocycles. The highest BCUT2D eigenvalue weighted by atomic mass is 35.5. The molecule has 3 aromatic rings. The van der Waals surface area contributed by atoms with E-state index in [9.17, 15) is 22.7 Å². The molecule has 3 aliphatic rings. The van der Waals surface area contributed by atoms with Gasteiger partial charge in [0.25, 0.3) is 0 Å². The monoisotopic (exact) mass is 566 g/mol. The third-order valence-electron chi connectivity index (χ3n) is 8.13. The lowest BCUT2D eigenvalue weighted by Crippen LogP contribution is -2.61. The molecule has 0 spiro atoms. The van der Waals surface area contributed by atoms with E-state index >= 15 is 0 Å². The molecule has 0 bridgehead atoms. The molecule has 4 heterocycles. The van der Waals surface area contributed by atoms with Crippen molar-refractivity contribution in [2.45, 2.75) is 62.5 Å². The number of fused-ring (bicyclic) bond motifs is 3. The fourth-order valence-corrected chi connectivity index (χ4v) is 6.13. The Labute approximate surface area is 227 Å². The first-order chi connectivity index (χ1) is 18.6. The number of aromatic nitrogens is 4. The first kappa shape index (κ1) is 26.3. The first-order valence-corrected chi connectivity index (χ1v) is 13.1. The minimum atomic E-state index is -4.66. The maximum atomic E-state index is 13.6. The van der Waals surface area contributed by atoms with Crippen molar-refractivity contribution in [3.63, 3.8) is 0 Å². The van der Waals surface area contributed by atoms with Gasteiger partial charge in [-0.1, -0.05) is 11.6 Å². The van der Waals surface area contributed by atoms with E-state index in [0.717, 1.165) is 29.9 Å². The van der Waals surface area contributed by atoms with Crippen LogP contribution in [0.15, 0.2) is 30.5 Å². The highest BCUT2D eigenvalue weighted by molar-refractivity contribution is 6.30. The average molecular weight is 567 g/mol. The molecule has 2 fully saturated rings. The number of aliphatic hydroxyl groups is 1. The minimum Gasteiger partial charge on any atom is -0.493 e. The van der Waals surface area contributed by atoms with Gasteiger partial charge in [-0.3, -0.25) is 9.47 Å². The third-order valence-corrected chi connectivity index (χ3v) is 8.36. The van der Waals surface area contributed by atoms with Crippen molar-refractivity contribution in [1.82, 2.24) is 24.6 Å². The van der Waals surface area contributed by atoms with Gasteiger partial charge in [0.15, 0.2) is 23.0 Å². The fraction of sp³-hybridized carbons (Fsp3) is 0.500. The molecule has 1 aromatic carbocycles. The van der Waals surface area contributed by atoms with E-state index in [0.29, 0.717) is 48.6 Å². The van der Waals surface area contributed by atoms with Crippen molar-refractivity contribution < 1.29 is 27.4 Å². The second-order valence-electron chi connectivity index (χ2n) is 10.5. The molecule has 208 valence electrons. The Kier molecular flexibility index (Phi) is 6.47. The van der Waals surface area contributed by atoms with Gasteiger partial charge < -0.3 is 14.7 Å². The van der Waals surface area contributed by atoms with Crippen molar-refractivity contribution in [3.8, 4) is 11.4 Å². The number of halogens is 5. The van der Waals surface area contributed by atoms with E-state index < -0.39 is 23.6 Å². The summed E-state index contributed by atoms with van der Waals surface area (Å²) < 4.78 is 60.9. The van der Waals surface area contributed by atoms with Gasteiger partial charge in [0, 0.05) is 55.5 Å². The summed E-state index contributed by atoms with van der Waals surface area (Å²) in [5.41, 5.74) is -0.940. The molecular weight excluding hydrogens is 540 g/mol. The van der Waals surface area contributed by atoms with Crippen LogP contribution in [0.3, 0.4) is 0 Å². The maximum Gasteiger partial charge on any atom is 0.417 e. The van der Waals surface area contributed by atoms with Crippen molar-refractivity contribution in [2.24, 2.45) is 0 Å². The van der Waals surface area contributed by atoms with Crippen LogP contribution in [0.2, 0.25) is 5.02 Å². The third kappa shape index (κ3) is 4.62. The number of piperidine rings is 1. The second kappa shape index (κ2) is 9.60. The van der Waals surface area contributed by atoms with Gasteiger partial charge in [-0.2, -0.15) is 13.2 Å². The predicted molar refractivity (Wildman–Crippen MR) is 135 cm³/mol. The van der Waals surface area contributed by atoms with Crippen LogP contribution >= 0.6 is 11.6 Å². The van der Waals surface area contributed by atoms with Crippen molar-refractivity contribution >= 4 is 17.4 Å². The molecule has 8 nitrogen and oxygen atoms in total. The molecule has 13 heteroatoms. The number of rotatable bonds is 4. The van der Waals surface area contributed by atoms with Crippen LogP contribution in [0, 0.1) is 5.82 Å². The second-order valence-corrected chi connectivity index (χ2v) is 11.0. The number of benzene rings is 1. The number of anilines is 1. The maximum absolute atomic E-state index is 13.6. The summed E-state index contributed by atoms with van der Waals surface area (Å²) in [5, 5.41) is 19.6. The topological polar surface area (TPSA) is 79.5 Å². The standard InChI is InChI=1S/C26H27ClF4N6O2/c1-39-21-9-18(28)12-32-24(21)35-6-4-15(5-7-35)23-34-33-22-14-36(19-10-25(38,11-19)26(29,30)31)13-16-8-17(27)2-3-20(16)37(22)23/h2-3,8-9,12,15,19,38H,4-7,10-11,13-14H2,1H3. The lowest BCUT2D eigenvalue weighted by Gasteiger charge is -2.48. The minimum absolute atomic E-state index is 0.0723. The number of hydrogen-bond donors (Lipinski definition) is 1. The van der Waals surface area contributed by atoms with E-state index in [1.807, 2.05) is 21.6 Å². The van der Waals surface area contributed by atoms with Gasteiger partial charge >= 0.3 is 6.18 Å². The number of hydrogen-bond acceptors (Lipinski definition) is 7. The van der Waals surface area contributed by atoms with Gasteiger partial charge in [-0.25, -0.2) is 9.37 Å². The normalized spacial score (nSPS) is 24.1. The number of pyridine rings is 1. The molecular formula is C26H27ClF4N6O2. The summed E-state index contributed by atoms with van der Waals surface area (Å²) in [6.45, 7) is 1.98. The summed E-state index contributed by atoms with van der Waals surface area (Å²) in [6, 6.07) is 6.37. The number of methoxy groups -OCH3 is 1. The molecule has 0 atom stereocenters. The lowest BCUT2D eigenvalue weighted by molar-refractivity contribution is -0.300. The average Bonchev–Trinajstić information content (AvgIpc) is 3.22. The lowest BCUT2D eigenvalue weighted by atomic mass is 9.74. The van der Waals surface area contributed by atoms with Gasteiger partial charge in [-0.05, 0) is 36.6 Å². The van der Waals surface area contributed by atoms with E-state index in [1.54, 1.807) is 6.07 Å². The number of ether oxygens (including phenoxy) is 1. The van der Waals surface area contributed by atoms with Crippen LogP contribution in [0.5, 0.6) is 5.75 Å². The molecule has 6 rings (SSSR count). The van der Waals surface area contributed by atoms with Gasteiger partial charge in [0.1, 0.15) is 11.6 Å². The van der Waals surface area contributed by atoms with Crippen LogP contribution in [0.4, 0.5) is 23.4 Å². The molecule has 0 amide bonds. The summed E-state index contributed by atoms with van der Waals surface area (Å²) in [4.78, 5) is 8.21. The molecule has 2 aliphatic heterocycles. The fourth-order valence-electron chi connectivity index (χ4n) is 5.93. The van der Waals surface area contributed by atoms with Crippen molar-refractivity contribution in [2.75, 3.05) is 25.1 Å². The molecule has 39 heavy (non-hydrogen) atoms. The Morgan fingerprint density at radius 3 is 2.54 bits per heavy atom. The van der Waals surface area contributed by atoms with Crippen molar-refractivity contribution in [1.29, 1.82) is 0 Å². The molecule has 0 radical (unpaired) electrons. The van der Waals surface area contributed by atoms with Gasteiger partial charge in [0.05, 0.1) is 25.5 Å². The smallest absolute Gasteiger partial charge is 0.417 e. The van der Waals surface area contributed by atoms with E-state index in [4.69, 9.17) is 16.3 Å². The van der Waals surface area contributed by atoms with E-state index in [2.05, 4.69) is 20.1 Å². The number of nitrogens with zero attached hydrogens (tertiary/aromatic N) is 6. The Balaban J connectivity index is 1.26. The quantitative estimate of drug-likeness (QED) is 0.462. The molecule has 1 N–H and O–H groups in total.